The molecule has 1 aliphatic heterocycles. The van der Waals surface area contributed by atoms with Crippen molar-refractivity contribution in [1.29, 1.82) is 0 Å². The smallest absolute Gasteiger partial charge is 0.118 e. The van der Waals surface area contributed by atoms with E-state index in [1.807, 2.05) is 19.9 Å². The van der Waals surface area contributed by atoms with E-state index in [0.717, 1.165) is 39.1 Å². The Balaban J connectivity index is 0. The van der Waals surface area contributed by atoms with E-state index in [1.54, 1.807) is 12.2 Å². The van der Waals surface area contributed by atoms with Gasteiger partial charge in [-0.3, -0.25) is 4.90 Å². The van der Waals surface area contributed by atoms with Crippen molar-refractivity contribution in [3.8, 4) is 0 Å². The first-order chi connectivity index (χ1) is 11.2. The first-order valence-electron chi connectivity index (χ1n) is 9.08. The van der Waals surface area contributed by atoms with Crippen LogP contribution in [0.3, 0.4) is 0 Å². The van der Waals surface area contributed by atoms with E-state index in [1.165, 1.54) is 6.42 Å². The lowest BCUT2D eigenvalue weighted by Gasteiger charge is -2.38. The zero-order chi connectivity index (χ0) is 18.1. The molecule has 2 rings (SSSR count). The van der Waals surface area contributed by atoms with Crippen LogP contribution in [0.5, 0.6) is 0 Å². The van der Waals surface area contributed by atoms with E-state index >= 15 is 0 Å². The topological polar surface area (TPSA) is 12.5 Å². The van der Waals surface area contributed by atoms with Crippen molar-refractivity contribution in [2.24, 2.45) is 5.92 Å². The molecule has 0 saturated carbocycles. The fourth-order valence-electron chi connectivity index (χ4n) is 2.64. The molecule has 2 unspecified atom stereocenters. The summed E-state index contributed by atoms with van der Waals surface area (Å²) in [4.78, 5) is 2.48. The van der Waals surface area contributed by atoms with E-state index in [9.17, 15) is 4.39 Å². The molecular formula is C20H38FNO. The minimum Gasteiger partial charge on any atom is -0.379 e. The second-order valence-electron chi connectivity index (χ2n) is 5.18. The number of hydrogen-bond donors (Lipinski definition) is 0. The summed E-state index contributed by atoms with van der Waals surface area (Å²) in [6, 6.07) is 0.532. The number of hydrogen-bond acceptors (Lipinski definition) is 2. The fraction of sp³-hybridized carbons (Fsp3) is 0.700. The number of allylic oxidation sites excluding steroid dienone is 3. The van der Waals surface area contributed by atoms with Gasteiger partial charge in [-0.05, 0) is 30.9 Å². The Kier molecular flexibility index (Phi) is 18.4. The summed E-state index contributed by atoms with van der Waals surface area (Å²) in [5.74, 6) is 0.371. The van der Waals surface area contributed by atoms with Crippen LogP contribution >= 0.6 is 0 Å². The number of halogens is 1. The van der Waals surface area contributed by atoms with Crippen LogP contribution in [0.25, 0.3) is 0 Å². The van der Waals surface area contributed by atoms with Gasteiger partial charge in [0.1, 0.15) is 5.83 Å². The molecule has 0 radical (unpaired) electrons. The highest BCUT2D eigenvalue weighted by Gasteiger charge is 2.26. The summed E-state index contributed by atoms with van der Waals surface area (Å²) >= 11 is 0. The molecule has 1 fully saturated rings. The van der Waals surface area contributed by atoms with Crippen LogP contribution in [0.4, 0.5) is 4.39 Å². The first-order valence-corrected chi connectivity index (χ1v) is 9.08. The lowest BCUT2D eigenvalue weighted by Crippen LogP contribution is -2.46. The third-order valence-electron chi connectivity index (χ3n) is 3.51. The largest absolute Gasteiger partial charge is 0.379 e. The SMILES string of the molecule is C=C.CC.CCC.CCC(C1C=CC(F)=CC1)N1CCOCC1. The predicted octanol–water partition coefficient (Wildman–Crippen LogP) is 5.77. The molecule has 0 aromatic heterocycles. The summed E-state index contributed by atoms with van der Waals surface area (Å²) in [6.07, 6.45) is 8.53. The number of ether oxygens (including phenoxy) is 1. The van der Waals surface area contributed by atoms with Crippen molar-refractivity contribution in [2.45, 2.75) is 59.9 Å². The molecule has 0 bridgehead atoms. The molecular weight excluding hydrogens is 289 g/mol. The first kappa shape index (κ1) is 24.3. The summed E-state index contributed by atoms with van der Waals surface area (Å²) in [5, 5.41) is 0. The minimum absolute atomic E-state index is 0.0897. The van der Waals surface area contributed by atoms with Crippen molar-refractivity contribution in [2.75, 3.05) is 26.3 Å². The van der Waals surface area contributed by atoms with Crippen LogP contribution < -0.4 is 0 Å². The molecule has 1 aliphatic carbocycles. The van der Waals surface area contributed by atoms with Gasteiger partial charge in [0.15, 0.2) is 0 Å². The van der Waals surface area contributed by atoms with Crippen molar-refractivity contribution < 1.29 is 9.13 Å². The highest BCUT2D eigenvalue weighted by atomic mass is 19.1. The second kappa shape index (κ2) is 17.4. The van der Waals surface area contributed by atoms with Gasteiger partial charge in [-0.2, -0.15) is 0 Å². The van der Waals surface area contributed by atoms with Gasteiger partial charge in [0.2, 0.25) is 0 Å². The van der Waals surface area contributed by atoms with Crippen molar-refractivity contribution >= 4 is 0 Å². The third kappa shape index (κ3) is 10.5. The molecule has 0 spiro atoms. The summed E-state index contributed by atoms with van der Waals surface area (Å²) in [7, 11) is 0. The standard InChI is InChI=1S/C13H20FNO.C3H8.C2H6.C2H4/c1-2-13(15-7-9-16-10-8-15)11-3-5-12(14)6-4-11;1-3-2;2*1-2/h3,5-6,11,13H,2,4,7-10H2,1H3;3H2,1-2H3;1-2H3;1-2H2. The molecule has 3 heteroatoms. The van der Waals surface area contributed by atoms with Crippen LogP contribution in [0, 0.1) is 5.92 Å². The van der Waals surface area contributed by atoms with E-state index in [2.05, 4.69) is 38.8 Å². The molecule has 2 nitrogen and oxygen atoms in total. The Morgan fingerprint density at radius 3 is 2.13 bits per heavy atom. The quantitative estimate of drug-likeness (QED) is 0.610. The Morgan fingerprint density at radius 1 is 1.22 bits per heavy atom. The molecule has 0 N–H and O–H groups in total. The minimum atomic E-state index is -0.0897. The van der Waals surface area contributed by atoms with Crippen molar-refractivity contribution in [3.05, 3.63) is 37.2 Å². The van der Waals surface area contributed by atoms with Gasteiger partial charge < -0.3 is 4.74 Å². The number of rotatable bonds is 3. The maximum absolute atomic E-state index is 12.9. The van der Waals surface area contributed by atoms with Gasteiger partial charge in [-0.25, -0.2) is 4.39 Å². The predicted molar refractivity (Wildman–Crippen MR) is 101 cm³/mol. The summed E-state index contributed by atoms with van der Waals surface area (Å²) < 4.78 is 18.3. The maximum Gasteiger partial charge on any atom is 0.118 e. The van der Waals surface area contributed by atoms with Crippen LogP contribution in [0.2, 0.25) is 0 Å². The van der Waals surface area contributed by atoms with Gasteiger partial charge in [-0.1, -0.05) is 47.1 Å². The van der Waals surface area contributed by atoms with Gasteiger partial charge in [0.05, 0.1) is 13.2 Å². The Bertz CT molecular complexity index is 309. The van der Waals surface area contributed by atoms with Crippen molar-refractivity contribution in [3.63, 3.8) is 0 Å². The van der Waals surface area contributed by atoms with Crippen LogP contribution in [0.15, 0.2) is 37.2 Å². The van der Waals surface area contributed by atoms with E-state index in [4.69, 9.17) is 4.74 Å². The Morgan fingerprint density at radius 2 is 1.74 bits per heavy atom. The average molecular weight is 328 g/mol. The van der Waals surface area contributed by atoms with Crippen LogP contribution in [0.1, 0.15) is 53.9 Å². The zero-order valence-corrected chi connectivity index (χ0v) is 16.0. The van der Waals surface area contributed by atoms with Gasteiger partial charge in [0, 0.05) is 19.1 Å². The number of morpholine rings is 1. The molecule has 0 aromatic rings. The third-order valence-corrected chi connectivity index (χ3v) is 3.51. The monoisotopic (exact) mass is 327 g/mol. The van der Waals surface area contributed by atoms with Crippen LogP contribution in [-0.4, -0.2) is 37.2 Å². The molecule has 1 heterocycles. The lowest BCUT2D eigenvalue weighted by atomic mass is 9.89. The summed E-state index contributed by atoms with van der Waals surface area (Å²) in [5.41, 5.74) is 0. The highest BCUT2D eigenvalue weighted by Crippen LogP contribution is 2.26. The lowest BCUT2D eigenvalue weighted by molar-refractivity contribution is 0.00654. The highest BCUT2D eigenvalue weighted by molar-refractivity contribution is 5.18. The molecule has 1 saturated heterocycles. The van der Waals surface area contributed by atoms with E-state index in [0.29, 0.717) is 12.0 Å². The second-order valence-corrected chi connectivity index (χ2v) is 5.18. The fourth-order valence-corrected chi connectivity index (χ4v) is 2.64. The molecule has 0 aromatic carbocycles. The van der Waals surface area contributed by atoms with E-state index < -0.39 is 0 Å². The maximum atomic E-state index is 12.9. The van der Waals surface area contributed by atoms with Crippen molar-refractivity contribution in [1.82, 2.24) is 4.90 Å². The van der Waals surface area contributed by atoms with E-state index in [-0.39, 0.29) is 5.83 Å². The van der Waals surface area contributed by atoms with Gasteiger partial charge in [-0.15, -0.1) is 13.2 Å². The van der Waals surface area contributed by atoms with Gasteiger partial charge in [0.25, 0.3) is 0 Å². The molecule has 136 valence electrons. The van der Waals surface area contributed by atoms with Gasteiger partial charge >= 0.3 is 0 Å². The Labute approximate surface area is 144 Å². The Hall–Kier alpha value is -0.930. The summed E-state index contributed by atoms with van der Waals surface area (Å²) in [6.45, 7) is 20.1. The molecule has 2 aliphatic rings. The number of nitrogens with zero attached hydrogens (tertiary/aromatic N) is 1. The molecule has 2 atom stereocenters. The average Bonchev–Trinajstić information content (AvgIpc) is 2.62. The zero-order valence-electron chi connectivity index (χ0n) is 16.0. The van der Waals surface area contributed by atoms with Crippen LogP contribution in [-0.2, 0) is 4.74 Å². The normalized spacial score (nSPS) is 21.3. The molecule has 23 heavy (non-hydrogen) atoms. The molecule has 0 amide bonds.